The van der Waals surface area contributed by atoms with Crippen LogP contribution < -0.4 is 10.6 Å². The van der Waals surface area contributed by atoms with Gasteiger partial charge in [-0.05, 0) is 45.6 Å². The van der Waals surface area contributed by atoms with E-state index < -0.39 is 0 Å². The topological polar surface area (TPSA) is 52.6 Å². The molecule has 0 saturated carbocycles. The Morgan fingerprint density at radius 3 is 2.56 bits per heavy atom. The molecule has 7 heteroatoms. The van der Waals surface area contributed by atoms with Gasteiger partial charge in [-0.15, -0.1) is 11.3 Å². The van der Waals surface area contributed by atoms with E-state index in [4.69, 9.17) is 0 Å². The molecule has 0 bridgehead atoms. The second-order valence-electron chi connectivity index (χ2n) is 5.97. The molecule has 0 radical (unpaired) electrons. The second kappa shape index (κ2) is 9.48. The molecule has 2 N–H and O–H groups in total. The molecule has 0 saturated heterocycles. The molecule has 1 aromatic heterocycles. The van der Waals surface area contributed by atoms with Crippen LogP contribution in [0.2, 0.25) is 0 Å². The van der Waals surface area contributed by atoms with Gasteiger partial charge in [0.15, 0.2) is 5.96 Å². The van der Waals surface area contributed by atoms with E-state index in [1.807, 2.05) is 46.3 Å². The number of aliphatic imine (C=N–C) groups is 1. The maximum atomic E-state index is 13.2. The van der Waals surface area contributed by atoms with E-state index in [0.29, 0.717) is 13.1 Å². The van der Waals surface area contributed by atoms with Crippen LogP contribution in [0.25, 0.3) is 0 Å². The molecule has 2 aromatic rings. The highest BCUT2D eigenvalue weighted by atomic mass is 32.1. The quantitative estimate of drug-likeness (QED) is 0.587. The van der Waals surface area contributed by atoms with Gasteiger partial charge in [0.05, 0.1) is 12.6 Å². The number of hydrogen-bond acceptors (Lipinski definition) is 4. The monoisotopic (exact) mass is 363 g/mol. The highest BCUT2D eigenvalue weighted by molar-refractivity contribution is 7.11. The standard InChI is InChI=1S/C18H26FN5S/c1-5-20-18(23-12-17-21-10-13(2)25-17)22-11-16(24(3)4)14-6-8-15(19)9-7-14/h6-10,16H,5,11-12H2,1-4H3,(H2,20,22,23). The van der Waals surface area contributed by atoms with Crippen molar-refractivity contribution in [2.24, 2.45) is 4.99 Å². The van der Waals surface area contributed by atoms with Crippen molar-refractivity contribution in [1.29, 1.82) is 0 Å². The van der Waals surface area contributed by atoms with Gasteiger partial charge in [0.2, 0.25) is 0 Å². The van der Waals surface area contributed by atoms with Crippen molar-refractivity contribution in [3.05, 3.63) is 51.7 Å². The van der Waals surface area contributed by atoms with Gasteiger partial charge in [0, 0.05) is 24.2 Å². The highest BCUT2D eigenvalue weighted by Crippen LogP contribution is 2.17. The van der Waals surface area contributed by atoms with E-state index in [9.17, 15) is 4.39 Å². The molecule has 5 nitrogen and oxygen atoms in total. The number of aromatic nitrogens is 1. The summed E-state index contributed by atoms with van der Waals surface area (Å²) in [4.78, 5) is 12.2. The van der Waals surface area contributed by atoms with Crippen molar-refractivity contribution in [3.63, 3.8) is 0 Å². The predicted molar refractivity (Wildman–Crippen MR) is 102 cm³/mol. The molecule has 25 heavy (non-hydrogen) atoms. The Balaban J connectivity index is 2.02. The summed E-state index contributed by atoms with van der Waals surface area (Å²) in [5.41, 5.74) is 1.06. The zero-order valence-electron chi connectivity index (χ0n) is 15.2. The molecule has 1 heterocycles. The van der Waals surface area contributed by atoms with Gasteiger partial charge in [-0.25, -0.2) is 14.4 Å². The smallest absolute Gasteiger partial charge is 0.191 e. The van der Waals surface area contributed by atoms with Gasteiger partial charge in [0.25, 0.3) is 0 Å². The molecule has 0 aliphatic rings. The van der Waals surface area contributed by atoms with Gasteiger partial charge in [-0.2, -0.15) is 0 Å². The fourth-order valence-electron chi connectivity index (χ4n) is 2.44. The summed E-state index contributed by atoms with van der Waals surface area (Å²) in [5.74, 6) is 0.534. The minimum atomic E-state index is -0.220. The molecule has 1 atom stereocenters. The average molecular weight is 364 g/mol. The fourth-order valence-corrected chi connectivity index (χ4v) is 3.15. The van der Waals surface area contributed by atoms with Crippen LogP contribution in [0, 0.1) is 12.7 Å². The molecular weight excluding hydrogens is 337 g/mol. The molecule has 1 unspecified atom stereocenters. The third-order valence-corrected chi connectivity index (χ3v) is 4.62. The van der Waals surface area contributed by atoms with E-state index in [1.165, 1.54) is 17.0 Å². The lowest BCUT2D eigenvalue weighted by molar-refractivity contribution is 0.298. The number of nitrogens with zero attached hydrogens (tertiary/aromatic N) is 3. The number of rotatable bonds is 7. The van der Waals surface area contributed by atoms with Crippen LogP contribution >= 0.6 is 11.3 Å². The fraction of sp³-hybridized carbons (Fsp3) is 0.444. The first-order chi connectivity index (χ1) is 12.0. The Bertz CT molecular complexity index is 681. The van der Waals surface area contributed by atoms with E-state index in [2.05, 4.69) is 25.5 Å². The zero-order valence-corrected chi connectivity index (χ0v) is 16.0. The second-order valence-corrected chi connectivity index (χ2v) is 7.29. The number of aryl methyl sites for hydroxylation is 1. The van der Waals surface area contributed by atoms with E-state index in [0.717, 1.165) is 23.1 Å². The third-order valence-electron chi connectivity index (χ3n) is 3.73. The largest absolute Gasteiger partial charge is 0.357 e. The van der Waals surface area contributed by atoms with Crippen LogP contribution in [0.3, 0.4) is 0 Å². The van der Waals surface area contributed by atoms with Crippen LogP contribution in [-0.4, -0.2) is 43.0 Å². The third kappa shape index (κ3) is 6.10. The molecule has 1 aromatic carbocycles. The number of nitrogens with one attached hydrogen (secondary N) is 2. The minimum Gasteiger partial charge on any atom is -0.357 e. The minimum absolute atomic E-state index is 0.117. The van der Waals surface area contributed by atoms with Gasteiger partial charge >= 0.3 is 0 Å². The summed E-state index contributed by atoms with van der Waals surface area (Å²) in [6.45, 7) is 6.08. The van der Waals surface area contributed by atoms with Gasteiger partial charge < -0.3 is 15.5 Å². The highest BCUT2D eigenvalue weighted by Gasteiger charge is 2.14. The Morgan fingerprint density at radius 1 is 1.28 bits per heavy atom. The van der Waals surface area contributed by atoms with E-state index >= 15 is 0 Å². The number of guanidine groups is 1. The van der Waals surface area contributed by atoms with Crippen LogP contribution in [0.4, 0.5) is 4.39 Å². The number of thiazole rings is 1. The first-order valence-electron chi connectivity index (χ1n) is 8.35. The lowest BCUT2D eigenvalue weighted by atomic mass is 10.1. The number of hydrogen-bond donors (Lipinski definition) is 2. The Labute approximate surface area is 153 Å². The lowest BCUT2D eigenvalue weighted by Crippen LogP contribution is -2.41. The normalized spacial score (nSPS) is 13.1. The average Bonchev–Trinajstić information content (AvgIpc) is 2.99. The van der Waals surface area contributed by atoms with Gasteiger partial charge in [-0.1, -0.05) is 12.1 Å². The van der Waals surface area contributed by atoms with Crippen LogP contribution in [-0.2, 0) is 6.54 Å². The first-order valence-corrected chi connectivity index (χ1v) is 9.16. The summed E-state index contributed by atoms with van der Waals surface area (Å²) < 4.78 is 13.2. The summed E-state index contributed by atoms with van der Waals surface area (Å²) in [7, 11) is 4.02. The van der Waals surface area contributed by atoms with Crippen molar-refractivity contribution in [2.45, 2.75) is 26.4 Å². The molecule has 0 fully saturated rings. The SMILES string of the molecule is CCNC(=NCc1ncc(C)s1)NCC(c1ccc(F)cc1)N(C)C. The Morgan fingerprint density at radius 2 is 2.00 bits per heavy atom. The molecule has 136 valence electrons. The van der Waals surface area contributed by atoms with Gasteiger partial charge in [-0.3, -0.25) is 0 Å². The Kier molecular flexibility index (Phi) is 7.33. The van der Waals surface area contributed by atoms with Crippen molar-refractivity contribution < 1.29 is 4.39 Å². The van der Waals surface area contributed by atoms with Gasteiger partial charge in [0.1, 0.15) is 10.8 Å². The first kappa shape index (κ1) is 19.3. The summed E-state index contributed by atoms with van der Waals surface area (Å²) in [6.07, 6.45) is 1.87. The zero-order chi connectivity index (χ0) is 18.2. The molecule has 2 rings (SSSR count). The Hall–Kier alpha value is -1.99. The number of benzene rings is 1. The molecular formula is C18H26FN5S. The predicted octanol–water partition coefficient (Wildman–Crippen LogP) is 2.95. The van der Waals surface area contributed by atoms with Crippen molar-refractivity contribution in [1.82, 2.24) is 20.5 Å². The van der Waals surface area contributed by atoms with Crippen LogP contribution in [0.5, 0.6) is 0 Å². The molecule has 0 aliphatic carbocycles. The number of halogens is 1. The maximum absolute atomic E-state index is 13.2. The molecule has 0 amide bonds. The maximum Gasteiger partial charge on any atom is 0.191 e. The van der Waals surface area contributed by atoms with Crippen LogP contribution in [0.1, 0.15) is 28.4 Å². The molecule has 0 aliphatic heterocycles. The van der Waals surface area contributed by atoms with Crippen LogP contribution in [0.15, 0.2) is 35.5 Å². The summed E-state index contributed by atoms with van der Waals surface area (Å²) in [6, 6.07) is 6.76. The lowest BCUT2D eigenvalue weighted by Gasteiger charge is -2.26. The van der Waals surface area contributed by atoms with E-state index in [-0.39, 0.29) is 11.9 Å². The van der Waals surface area contributed by atoms with Crippen molar-refractivity contribution in [2.75, 3.05) is 27.2 Å². The summed E-state index contributed by atoms with van der Waals surface area (Å²) >= 11 is 1.66. The molecule has 0 spiro atoms. The van der Waals surface area contributed by atoms with Crippen molar-refractivity contribution in [3.8, 4) is 0 Å². The summed E-state index contributed by atoms with van der Waals surface area (Å²) in [5, 5.41) is 7.62. The van der Waals surface area contributed by atoms with E-state index in [1.54, 1.807) is 11.3 Å². The number of likely N-dealkylation sites (N-methyl/N-ethyl adjacent to an activating group) is 1. The van der Waals surface area contributed by atoms with Crippen molar-refractivity contribution >= 4 is 17.3 Å².